The van der Waals surface area contributed by atoms with Crippen molar-refractivity contribution in [3.63, 3.8) is 0 Å². The maximum atomic E-state index is 9.56. The van der Waals surface area contributed by atoms with Crippen molar-refractivity contribution in [2.24, 2.45) is 17.6 Å². The van der Waals surface area contributed by atoms with Crippen molar-refractivity contribution in [1.29, 1.82) is 0 Å². The second-order valence-electron chi connectivity index (χ2n) is 4.83. The van der Waals surface area contributed by atoms with E-state index in [4.69, 9.17) is 26.2 Å². The molecule has 0 aliphatic heterocycles. The summed E-state index contributed by atoms with van der Waals surface area (Å²) < 4.78 is 0. The lowest BCUT2D eigenvalue weighted by molar-refractivity contribution is -0.119. The van der Waals surface area contributed by atoms with Gasteiger partial charge in [0.25, 0.3) is 0 Å². The van der Waals surface area contributed by atoms with Crippen molar-refractivity contribution >= 4 is 5.78 Å². The van der Waals surface area contributed by atoms with Gasteiger partial charge in [0.1, 0.15) is 6.61 Å². The van der Waals surface area contributed by atoms with Gasteiger partial charge in [0.2, 0.25) is 0 Å². The summed E-state index contributed by atoms with van der Waals surface area (Å²) in [4.78, 5) is 9.56. The van der Waals surface area contributed by atoms with Gasteiger partial charge in [-0.05, 0) is 32.1 Å². The lowest BCUT2D eigenvalue weighted by Gasteiger charge is -2.11. The molecule has 0 saturated carbocycles. The van der Waals surface area contributed by atoms with E-state index in [1.807, 2.05) is 13.8 Å². The third-order valence-corrected chi connectivity index (χ3v) is 1.94. The van der Waals surface area contributed by atoms with Crippen LogP contribution < -0.4 is 5.73 Å². The summed E-state index contributed by atoms with van der Waals surface area (Å²) in [6.45, 7) is 7.24. The standard InChI is InChI=1S/C7H16O2.C3H9NO.C3H6O2.CH4/c1-6(4-8)3-7(2)5-9;1-3(4)2-5;1-3(5)2-4;/h6-9H,3-5H2,1-2H3;3,5H,2,4H2,1H3;4H,2H2,1H3;1H4. The summed E-state index contributed by atoms with van der Waals surface area (Å²) in [5, 5.41) is 33.0. The molecular weight excluding hydrogens is 262 g/mol. The molecule has 6 nitrogen and oxygen atoms in total. The van der Waals surface area contributed by atoms with E-state index in [0.29, 0.717) is 11.8 Å². The summed E-state index contributed by atoms with van der Waals surface area (Å²) in [6.07, 6.45) is 0.910. The minimum Gasteiger partial charge on any atom is -0.396 e. The van der Waals surface area contributed by atoms with Crippen LogP contribution in [0.15, 0.2) is 0 Å². The van der Waals surface area contributed by atoms with Gasteiger partial charge >= 0.3 is 0 Å². The van der Waals surface area contributed by atoms with Crippen molar-refractivity contribution < 1.29 is 25.2 Å². The number of aliphatic hydroxyl groups is 4. The van der Waals surface area contributed by atoms with Crippen molar-refractivity contribution in [3.8, 4) is 0 Å². The van der Waals surface area contributed by atoms with Crippen LogP contribution in [0, 0.1) is 11.8 Å². The molecule has 126 valence electrons. The predicted molar refractivity (Wildman–Crippen MR) is 82.3 cm³/mol. The van der Waals surface area contributed by atoms with Crippen LogP contribution in [0.5, 0.6) is 0 Å². The highest BCUT2D eigenvalue weighted by Crippen LogP contribution is 2.09. The Morgan fingerprint density at radius 2 is 1.20 bits per heavy atom. The average molecular weight is 297 g/mol. The van der Waals surface area contributed by atoms with E-state index < -0.39 is 0 Å². The van der Waals surface area contributed by atoms with E-state index in [1.54, 1.807) is 6.92 Å². The molecule has 0 bridgehead atoms. The third kappa shape index (κ3) is 36.0. The highest BCUT2D eigenvalue weighted by atomic mass is 16.3. The minimum absolute atomic E-state index is 0. The van der Waals surface area contributed by atoms with Crippen LogP contribution in [0.3, 0.4) is 0 Å². The molecule has 3 atom stereocenters. The molecule has 0 aliphatic rings. The Bertz CT molecular complexity index is 180. The summed E-state index contributed by atoms with van der Waals surface area (Å²) in [7, 11) is 0. The van der Waals surface area contributed by atoms with Crippen LogP contribution in [0.25, 0.3) is 0 Å². The van der Waals surface area contributed by atoms with Crippen molar-refractivity contribution in [2.75, 3.05) is 26.4 Å². The lowest BCUT2D eigenvalue weighted by Crippen LogP contribution is -2.18. The zero-order chi connectivity index (χ0) is 15.8. The molecule has 3 unspecified atom stereocenters. The summed E-state index contributed by atoms with van der Waals surface area (Å²) in [5.74, 6) is 0.462. The first-order valence-electron chi connectivity index (χ1n) is 6.43. The van der Waals surface area contributed by atoms with Crippen molar-refractivity contribution in [2.45, 2.75) is 47.6 Å². The van der Waals surface area contributed by atoms with Gasteiger partial charge in [-0.1, -0.05) is 21.3 Å². The quantitative estimate of drug-likeness (QED) is 0.476. The normalized spacial score (nSPS) is 13.4. The number of carbonyl (C=O) groups excluding carboxylic acids is 1. The SMILES string of the molecule is C.CC(=O)CO.CC(CO)CC(C)CO.CC(N)CO. The van der Waals surface area contributed by atoms with Gasteiger partial charge in [0.05, 0.1) is 6.61 Å². The number of hydrogen-bond acceptors (Lipinski definition) is 6. The first-order chi connectivity index (χ1) is 8.74. The van der Waals surface area contributed by atoms with Crippen LogP contribution in [0.1, 0.15) is 41.5 Å². The van der Waals surface area contributed by atoms with Gasteiger partial charge in [-0.15, -0.1) is 0 Å². The van der Waals surface area contributed by atoms with Crippen molar-refractivity contribution in [3.05, 3.63) is 0 Å². The van der Waals surface area contributed by atoms with Gasteiger partial charge in [-0.25, -0.2) is 0 Å². The number of nitrogens with two attached hydrogens (primary N) is 1. The Morgan fingerprint density at radius 1 is 0.950 bits per heavy atom. The second-order valence-corrected chi connectivity index (χ2v) is 4.83. The lowest BCUT2D eigenvalue weighted by atomic mass is 9.99. The van der Waals surface area contributed by atoms with E-state index in [0.717, 1.165) is 6.42 Å². The Labute approximate surface area is 123 Å². The zero-order valence-electron chi connectivity index (χ0n) is 12.5. The van der Waals surface area contributed by atoms with Gasteiger partial charge < -0.3 is 26.2 Å². The Morgan fingerprint density at radius 3 is 1.30 bits per heavy atom. The van der Waals surface area contributed by atoms with E-state index in [9.17, 15) is 4.79 Å². The van der Waals surface area contributed by atoms with E-state index in [1.165, 1.54) is 6.92 Å². The molecule has 0 aromatic carbocycles. The molecule has 0 heterocycles. The summed E-state index contributed by atoms with van der Waals surface area (Å²) in [6, 6.07) is -0.0602. The van der Waals surface area contributed by atoms with Gasteiger partial charge in [-0.3, -0.25) is 4.79 Å². The maximum absolute atomic E-state index is 9.56. The number of ketones is 1. The van der Waals surface area contributed by atoms with Gasteiger partial charge in [0.15, 0.2) is 5.78 Å². The molecule has 0 spiro atoms. The number of Topliss-reactive ketones (excluding diaryl/α,β-unsaturated/α-hetero) is 1. The maximum Gasteiger partial charge on any atom is 0.155 e. The van der Waals surface area contributed by atoms with Crippen LogP contribution in [-0.2, 0) is 4.79 Å². The minimum atomic E-state index is -0.333. The smallest absolute Gasteiger partial charge is 0.155 e. The number of aliphatic hydroxyl groups excluding tert-OH is 4. The first kappa shape index (κ1) is 27.8. The summed E-state index contributed by atoms with van der Waals surface area (Å²) in [5.41, 5.74) is 5.04. The second kappa shape index (κ2) is 20.8. The molecule has 20 heavy (non-hydrogen) atoms. The van der Waals surface area contributed by atoms with Gasteiger partial charge in [-0.2, -0.15) is 0 Å². The highest BCUT2D eigenvalue weighted by molar-refractivity contribution is 5.76. The zero-order valence-corrected chi connectivity index (χ0v) is 12.5. The molecule has 0 fully saturated rings. The third-order valence-electron chi connectivity index (χ3n) is 1.94. The summed E-state index contributed by atoms with van der Waals surface area (Å²) >= 11 is 0. The van der Waals surface area contributed by atoms with E-state index in [-0.39, 0.29) is 45.7 Å². The van der Waals surface area contributed by atoms with Gasteiger partial charge in [0, 0.05) is 19.3 Å². The van der Waals surface area contributed by atoms with E-state index in [2.05, 4.69) is 0 Å². The Hall–Kier alpha value is -0.530. The monoisotopic (exact) mass is 297 g/mol. The Balaban J connectivity index is -0.000000101. The molecule has 0 aromatic heterocycles. The van der Waals surface area contributed by atoms with E-state index >= 15 is 0 Å². The molecule has 0 aliphatic carbocycles. The molecule has 6 N–H and O–H groups in total. The number of hydrogen-bond donors (Lipinski definition) is 5. The fourth-order valence-electron chi connectivity index (χ4n) is 0.836. The average Bonchev–Trinajstić information content (AvgIpc) is 2.39. The molecular formula is C14H35NO5. The fourth-order valence-corrected chi connectivity index (χ4v) is 0.836. The molecule has 0 aromatic rings. The molecule has 6 heteroatoms. The molecule has 0 rings (SSSR count). The molecule has 0 amide bonds. The number of rotatable bonds is 6. The van der Waals surface area contributed by atoms with Crippen LogP contribution in [-0.4, -0.2) is 58.7 Å². The van der Waals surface area contributed by atoms with Crippen LogP contribution >= 0.6 is 0 Å². The topological polar surface area (TPSA) is 124 Å². The Kier molecular flexibility index (Phi) is 28.8. The molecule has 0 saturated heterocycles. The first-order valence-corrected chi connectivity index (χ1v) is 6.43. The number of carbonyl (C=O) groups is 1. The van der Waals surface area contributed by atoms with Crippen LogP contribution in [0.4, 0.5) is 0 Å². The highest BCUT2D eigenvalue weighted by Gasteiger charge is 2.05. The fraction of sp³-hybridized carbons (Fsp3) is 0.929. The van der Waals surface area contributed by atoms with Crippen LogP contribution in [0.2, 0.25) is 0 Å². The molecule has 0 radical (unpaired) electrons. The largest absolute Gasteiger partial charge is 0.396 e. The predicted octanol–water partition coefficient (Wildman–Crippen LogP) is 0.163. The van der Waals surface area contributed by atoms with Crippen molar-refractivity contribution in [1.82, 2.24) is 0 Å².